The van der Waals surface area contributed by atoms with Crippen LogP contribution in [0.3, 0.4) is 0 Å². The van der Waals surface area contributed by atoms with Gasteiger partial charge in [0.2, 0.25) is 11.7 Å². The van der Waals surface area contributed by atoms with Crippen LogP contribution in [0.1, 0.15) is 5.89 Å². The van der Waals surface area contributed by atoms with Crippen LogP contribution in [0.5, 0.6) is 0 Å². The average Bonchev–Trinajstić information content (AvgIpc) is 3.80. The number of rotatable bonds is 6. The molecule has 1 fully saturated rings. The topological polar surface area (TPSA) is 172 Å². The van der Waals surface area contributed by atoms with Crippen molar-refractivity contribution in [2.24, 2.45) is 0 Å². The van der Waals surface area contributed by atoms with Crippen molar-refractivity contribution in [3.05, 3.63) is 66.7 Å². The van der Waals surface area contributed by atoms with Crippen molar-refractivity contribution in [1.29, 1.82) is 0 Å². The first-order valence-corrected chi connectivity index (χ1v) is 13.6. The zero-order valence-electron chi connectivity index (χ0n) is 24.3. The minimum Gasteiger partial charge on any atom is -0.475 e. The number of aromatic nitrogens is 6. The number of nitrogens with zero attached hydrogens (tertiary/aromatic N) is 6. The molecular formula is C28H24F7N7O6. The maximum absolute atomic E-state index is 14.4. The molecule has 4 aromatic heterocycles. The molecule has 0 atom stereocenters. The molecule has 5 heterocycles. The number of ether oxygens (including phenoxy) is 1. The number of carboxylic acids is 2. The summed E-state index contributed by atoms with van der Waals surface area (Å²) in [6.07, 6.45) is -4.08. The van der Waals surface area contributed by atoms with Gasteiger partial charge in [-0.15, -0.1) is 0 Å². The number of H-pyrrole nitrogens is 1. The molecule has 1 aromatic carbocycles. The van der Waals surface area contributed by atoms with E-state index >= 15 is 0 Å². The first-order chi connectivity index (χ1) is 22.6. The molecule has 0 radical (unpaired) electrons. The number of hydrogen-bond donors (Lipinski definition) is 3. The van der Waals surface area contributed by atoms with Gasteiger partial charge in [-0.3, -0.25) is 14.4 Å². The van der Waals surface area contributed by atoms with Crippen molar-refractivity contribution < 1.29 is 59.8 Å². The number of fused-ring (bicyclic) bond motifs is 1. The number of aliphatic carboxylic acids is 2. The molecule has 1 aliphatic rings. The minimum atomic E-state index is -5.08. The molecule has 13 nitrogen and oxygen atoms in total. The van der Waals surface area contributed by atoms with E-state index in [1.165, 1.54) is 6.07 Å². The quantitative estimate of drug-likeness (QED) is 0.211. The van der Waals surface area contributed by atoms with Gasteiger partial charge in [0.05, 0.1) is 19.4 Å². The lowest BCUT2D eigenvalue weighted by Crippen LogP contribution is -2.37. The summed E-state index contributed by atoms with van der Waals surface area (Å²) in [5, 5.41) is 25.6. The molecule has 0 saturated carbocycles. The van der Waals surface area contributed by atoms with Crippen LogP contribution in [-0.4, -0.2) is 102 Å². The van der Waals surface area contributed by atoms with Gasteiger partial charge < -0.3 is 19.5 Å². The summed E-state index contributed by atoms with van der Waals surface area (Å²) in [5.74, 6) is -4.77. The average molecular weight is 688 g/mol. The summed E-state index contributed by atoms with van der Waals surface area (Å²) in [4.78, 5) is 29.2. The minimum absolute atomic E-state index is 0.323. The second kappa shape index (κ2) is 15.0. The van der Waals surface area contributed by atoms with E-state index in [1.807, 2.05) is 22.7 Å². The van der Waals surface area contributed by atoms with E-state index in [0.29, 0.717) is 35.1 Å². The standard InChI is InChI=1S/C24H22FN7O2.2C2HF3O2/c25-19-4-2-1-3-17(19)23-18(13-27-29-23)16-5-6-21-26-14-20(32(21)15-16)24-28-22(34-30-24)7-8-31-9-11-33-12-10-31;2*3-2(4,5)1(6)7/h1-6,13-15H,7-12H2,(H,27,29);2*(H,6,7). The molecule has 256 valence electrons. The summed E-state index contributed by atoms with van der Waals surface area (Å²) in [6, 6.07) is 10.4. The van der Waals surface area contributed by atoms with Gasteiger partial charge in [0, 0.05) is 55.1 Å². The van der Waals surface area contributed by atoms with Crippen molar-refractivity contribution >= 4 is 17.6 Å². The Morgan fingerprint density at radius 3 is 2.21 bits per heavy atom. The fourth-order valence-corrected chi connectivity index (χ4v) is 4.21. The van der Waals surface area contributed by atoms with Gasteiger partial charge in [0.25, 0.3) is 0 Å². The molecule has 1 aliphatic heterocycles. The Kier molecular flexibility index (Phi) is 11.1. The highest BCUT2D eigenvalue weighted by atomic mass is 19.4. The van der Waals surface area contributed by atoms with Gasteiger partial charge in [-0.25, -0.2) is 19.0 Å². The van der Waals surface area contributed by atoms with Gasteiger partial charge >= 0.3 is 24.3 Å². The Morgan fingerprint density at radius 2 is 1.58 bits per heavy atom. The van der Waals surface area contributed by atoms with Crippen LogP contribution in [0.2, 0.25) is 0 Å². The van der Waals surface area contributed by atoms with Crippen molar-refractivity contribution in [3.8, 4) is 33.9 Å². The van der Waals surface area contributed by atoms with Crippen molar-refractivity contribution in [2.75, 3.05) is 32.8 Å². The molecule has 0 spiro atoms. The van der Waals surface area contributed by atoms with Crippen LogP contribution < -0.4 is 0 Å². The van der Waals surface area contributed by atoms with Gasteiger partial charge in [0.15, 0.2) is 0 Å². The van der Waals surface area contributed by atoms with E-state index in [1.54, 1.807) is 30.6 Å². The van der Waals surface area contributed by atoms with Crippen molar-refractivity contribution in [3.63, 3.8) is 0 Å². The Hall–Kier alpha value is -5.37. The highest BCUT2D eigenvalue weighted by Gasteiger charge is 2.38. The van der Waals surface area contributed by atoms with Crippen molar-refractivity contribution in [1.82, 2.24) is 34.6 Å². The van der Waals surface area contributed by atoms with Gasteiger partial charge in [-0.05, 0) is 24.3 Å². The van der Waals surface area contributed by atoms with E-state index in [4.69, 9.17) is 29.1 Å². The monoisotopic (exact) mass is 687 g/mol. The van der Waals surface area contributed by atoms with Crippen LogP contribution >= 0.6 is 0 Å². The lowest BCUT2D eigenvalue weighted by atomic mass is 10.0. The number of halogens is 7. The first-order valence-electron chi connectivity index (χ1n) is 13.6. The fourth-order valence-electron chi connectivity index (χ4n) is 4.21. The highest BCUT2D eigenvalue weighted by Crippen LogP contribution is 2.32. The number of carbonyl (C=O) groups is 2. The van der Waals surface area contributed by atoms with Crippen LogP contribution in [0.15, 0.2) is 59.5 Å². The Morgan fingerprint density at radius 1 is 0.938 bits per heavy atom. The molecular weight excluding hydrogens is 663 g/mol. The lowest BCUT2D eigenvalue weighted by molar-refractivity contribution is -0.193. The predicted molar refractivity (Wildman–Crippen MR) is 150 cm³/mol. The molecule has 48 heavy (non-hydrogen) atoms. The van der Waals surface area contributed by atoms with Crippen LogP contribution in [0.25, 0.3) is 39.5 Å². The zero-order valence-corrected chi connectivity index (χ0v) is 24.3. The maximum atomic E-state index is 14.4. The number of pyridine rings is 1. The van der Waals surface area contributed by atoms with E-state index in [2.05, 4.69) is 30.2 Å². The zero-order chi connectivity index (χ0) is 35.1. The van der Waals surface area contributed by atoms with Crippen LogP contribution in [0.4, 0.5) is 30.7 Å². The second-order valence-corrected chi connectivity index (χ2v) is 9.74. The molecule has 0 aliphatic carbocycles. The number of morpholine rings is 1. The third-order valence-electron chi connectivity index (χ3n) is 6.51. The molecule has 0 bridgehead atoms. The molecule has 0 amide bonds. The van der Waals surface area contributed by atoms with Crippen LogP contribution in [0, 0.1) is 5.82 Å². The molecule has 0 unspecified atom stereocenters. The number of benzene rings is 1. The third-order valence-corrected chi connectivity index (χ3v) is 6.51. The summed E-state index contributed by atoms with van der Waals surface area (Å²) in [6.45, 7) is 4.20. The largest absolute Gasteiger partial charge is 0.490 e. The number of hydrogen-bond acceptors (Lipinski definition) is 9. The number of alkyl halides is 6. The first kappa shape index (κ1) is 35.5. The Bertz CT molecular complexity index is 1820. The summed E-state index contributed by atoms with van der Waals surface area (Å²) in [5.41, 5.74) is 4.08. The van der Waals surface area contributed by atoms with E-state index in [9.17, 15) is 30.7 Å². The molecule has 6 rings (SSSR count). The molecule has 20 heteroatoms. The van der Waals surface area contributed by atoms with E-state index in [-0.39, 0.29) is 5.82 Å². The number of carboxylic acid groups (broad SMARTS) is 2. The van der Waals surface area contributed by atoms with Crippen molar-refractivity contribution in [2.45, 2.75) is 18.8 Å². The Labute approximate surface area is 264 Å². The summed E-state index contributed by atoms with van der Waals surface area (Å²) < 4.78 is 90.7. The number of nitrogens with one attached hydrogen (secondary N) is 1. The second-order valence-electron chi connectivity index (χ2n) is 9.74. The van der Waals surface area contributed by atoms with Crippen LogP contribution in [-0.2, 0) is 20.7 Å². The van der Waals surface area contributed by atoms with E-state index < -0.39 is 24.3 Å². The maximum Gasteiger partial charge on any atom is 0.490 e. The lowest BCUT2D eigenvalue weighted by Gasteiger charge is -2.25. The fraction of sp³-hybridized carbons (Fsp3) is 0.286. The number of aromatic amines is 1. The third kappa shape index (κ3) is 9.12. The molecule has 3 N–H and O–H groups in total. The summed E-state index contributed by atoms with van der Waals surface area (Å²) >= 11 is 0. The normalized spacial score (nSPS) is 13.7. The molecule has 1 saturated heterocycles. The molecule has 5 aromatic rings. The van der Waals surface area contributed by atoms with Gasteiger partial charge in [0.1, 0.15) is 22.9 Å². The summed E-state index contributed by atoms with van der Waals surface area (Å²) in [7, 11) is 0. The van der Waals surface area contributed by atoms with E-state index in [0.717, 1.165) is 49.6 Å². The number of imidazole rings is 1. The predicted octanol–water partition coefficient (Wildman–Crippen LogP) is 4.72. The van der Waals surface area contributed by atoms with Gasteiger partial charge in [-0.2, -0.15) is 36.4 Å². The Balaban J connectivity index is 0.000000314. The highest BCUT2D eigenvalue weighted by molar-refractivity contribution is 5.81. The smallest absolute Gasteiger partial charge is 0.475 e. The van der Waals surface area contributed by atoms with Gasteiger partial charge in [-0.1, -0.05) is 17.3 Å². The SMILES string of the molecule is Fc1ccccc1-c1n[nH]cc1-c1ccc2ncc(-c3noc(CCN4CCOCC4)n3)n2c1.O=C(O)C(F)(F)F.O=C(O)C(F)(F)F.